The first kappa shape index (κ1) is 19.4. The number of fused-ring (bicyclic) bond motifs is 3. The van der Waals surface area contributed by atoms with Crippen LogP contribution in [0.3, 0.4) is 0 Å². The van der Waals surface area contributed by atoms with Gasteiger partial charge in [0.15, 0.2) is 5.78 Å². The molecule has 1 aliphatic carbocycles. The number of nitriles is 1. The van der Waals surface area contributed by atoms with E-state index in [0.29, 0.717) is 22.5 Å². The zero-order chi connectivity index (χ0) is 22.1. The molecular formula is C27H16FN3O. The Labute approximate surface area is 184 Å². The lowest BCUT2D eigenvalue weighted by atomic mass is 9.92. The lowest BCUT2D eigenvalue weighted by molar-refractivity contribution is 0.104. The molecule has 0 saturated heterocycles. The third-order valence-electron chi connectivity index (χ3n) is 5.40. The molecule has 0 unspecified atom stereocenters. The van der Waals surface area contributed by atoms with Crippen LogP contribution in [0.15, 0.2) is 85.1 Å². The van der Waals surface area contributed by atoms with E-state index in [-0.39, 0.29) is 28.0 Å². The van der Waals surface area contributed by atoms with Crippen LogP contribution in [0, 0.1) is 17.1 Å². The van der Waals surface area contributed by atoms with Crippen LogP contribution < -0.4 is 5.32 Å². The summed E-state index contributed by atoms with van der Waals surface area (Å²) < 4.78 is 14.8. The normalized spacial score (nSPS) is 11.8. The molecule has 0 saturated carbocycles. The zero-order valence-corrected chi connectivity index (χ0v) is 16.8. The van der Waals surface area contributed by atoms with Crippen molar-refractivity contribution in [3.8, 4) is 28.5 Å². The molecule has 5 heteroatoms. The predicted octanol–water partition coefficient (Wildman–Crippen LogP) is 6.05. The van der Waals surface area contributed by atoms with Gasteiger partial charge in [-0.1, -0.05) is 60.7 Å². The number of carbonyl (C=O) groups excluding carboxylic acids is 1. The average molecular weight is 417 g/mol. The molecule has 32 heavy (non-hydrogen) atoms. The first-order valence-electron chi connectivity index (χ1n) is 10.0. The number of hydrogen-bond donors (Lipinski definition) is 1. The van der Waals surface area contributed by atoms with E-state index >= 15 is 0 Å². The van der Waals surface area contributed by atoms with Gasteiger partial charge in [-0.25, -0.2) is 9.37 Å². The van der Waals surface area contributed by atoms with Gasteiger partial charge < -0.3 is 5.32 Å². The zero-order valence-electron chi connectivity index (χ0n) is 16.8. The summed E-state index contributed by atoms with van der Waals surface area (Å²) >= 11 is 0. The average Bonchev–Trinajstić information content (AvgIpc) is 3.11. The number of halogens is 1. The van der Waals surface area contributed by atoms with Crippen LogP contribution in [-0.4, -0.2) is 10.8 Å². The maximum Gasteiger partial charge on any atom is 0.196 e. The first-order valence-corrected chi connectivity index (χ1v) is 10.0. The molecule has 0 spiro atoms. The molecule has 0 fully saturated rings. The van der Waals surface area contributed by atoms with Gasteiger partial charge in [-0.05, 0) is 24.3 Å². The van der Waals surface area contributed by atoms with Crippen molar-refractivity contribution < 1.29 is 9.18 Å². The second-order valence-corrected chi connectivity index (χ2v) is 7.28. The van der Waals surface area contributed by atoms with Crippen LogP contribution >= 0.6 is 0 Å². The van der Waals surface area contributed by atoms with Gasteiger partial charge in [-0.3, -0.25) is 4.79 Å². The van der Waals surface area contributed by atoms with Gasteiger partial charge >= 0.3 is 0 Å². The third kappa shape index (κ3) is 3.15. The van der Waals surface area contributed by atoms with E-state index in [1.807, 2.05) is 42.5 Å². The van der Waals surface area contributed by atoms with E-state index in [2.05, 4.69) is 16.4 Å². The Morgan fingerprint density at radius 3 is 2.22 bits per heavy atom. The molecule has 0 radical (unpaired) electrons. The van der Waals surface area contributed by atoms with Crippen LogP contribution in [0.5, 0.6) is 0 Å². The molecule has 1 aliphatic rings. The Kier molecular flexibility index (Phi) is 4.81. The highest BCUT2D eigenvalue weighted by Crippen LogP contribution is 2.43. The Balaban J connectivity index is 1.74. The predicted molar refractivity (Wildman–Crippen MR) is 122 cm³/mol. The first-order chi connectivity index (χ1) is 15.7. The minimum atomic E-state index is -0.501. The molecule has 1 heterocycles. The number of nitrogens with zero attached hydrogens (tertiary/aromatic N) is 2. The van der Waals surface area contributed by atoms with Gasteiger partial charge in [0.2, 0.25) is 0 Å². The maximum atomic E-state index is 14.8. The highest BCUT2D eigenvalue weighted by molar-refractivity contribution is 6.24. The van der Waals surface area contributed by atoms with Crippen LogP contribution in [0.25, 0.3) is 28.5 Å². The van der Waals surface area contributed by atoms with Gasteiger partial charge in [-0.2, -0.15) is 5.26 Å². The smallest absolute Gasteiger partial charge is 0.196 e. The topological polar surface area (TPSA) is 65.8 Å². The monoisotopic (exact) mass is 417 g/mol. The number of pyridine rings is 1. The summed E-state index contributed by atoms with van der Waals surface area (Å²) in [6.45, 7) is 0. The van der Waals surface area contributed by atoms with Crippen molar-refractivity contribution >= 4 is 17.5 Å². The fourth-order valence-corrected chi connectivity index (χ4v) is 3.96. The van der Waals surface area contributed by atoms with E-state index in [0.717, 1.165) is 5.69 Å². The molecule has 0 amide bonds. The summed E-state index contributed by atoms with van der Waals surface area (Å²) in [6.07, 6.45) is 3.35. The molecule has 152 valence electrons. The number of aromatic nitrogens is 1. The minimum Gasteiger partial charge on any atom is -0.362 e. The molecule has 1 aromatic heterocycles. The van der Waals surface area contributed by atoms with E-state index < -0.39 is 5.82 Å². The Morgan fingerprint density at radius 1 is 0.844 bits per heavy atom. The number of rotatable bonds is 4. The minimum absolute atomic E-state index is 0.154. The number of nitrogens with one attached hydrogen (secondary N) is 1. The second kappa shape index (κ2) is 7.93. The van der Waals surface area contributed by atoms with E-state index in [1.54, 1.807) is 42.6 Å². The van der Waals surface area contributed by atoms with Crippen LogP contribution in [0.4, 0.5) is 10.1 Å². The fraction of sp³-hybridized carbons (Fsp3) is 0. The summed E-state index contributed by atoms with van der Waals surface area (Å²) in [6, 6.07) is 25.0. The molecule has 3 aromatic carbocycles. The lowest BCUT2D eigenvalue weighted by Crippen LogP contribution is -2.05. The summed E-state index contributed by atoms with van der Waals surface area (Å²) in [7, 11) is 0. The molecule has 0 bridgehead atoms. The van der Waals surface area contributed by atoms with Crippen molar-refractivity contribution in [2.75, 3.05) is 5.32 Å². The number of benzene rings is 3. The van der Waals surface area contributed by atoms with E-state index in [9.17, 15) is 14.4 Å². The van der Waals surface area contributed by atoms with Crippen molar-refractivity contribution in [3.05, 3.63) is 113 Å². The SMILES string of the molecule is N#Cc1c(/C=C/Nc2ccccc2)nc2c(c1-c1ccccc1F)C(=O)c1ccccc1-2. The molecule has 5 rings (SSSR count). The van der Waals surface area contributed by atoms with Gasteiger partial charge in [0, 0.05) is 34.1 Å². The molecule has 4 nitrogen and oxygen atoms in total. The summed E-state index contributed by atoms with van der Waals surface area (Å²) in [4.78, 5) is 17.9. The van der Waals surface area contributed by atoms with Crippen molar-refractivity contribution in [1.82, 2.24) is 4.98 Å². The molecule has 4 aromatic rings. The fourth-order valence-electron chi connectivity index (χ4n) is 3.96. The van der Waals surface area contributed by atoms with Crippen LogP contribution in [0.1, 0.15) is 27.2 Å². The van der Waals surface area contributed by atoms with Crippen LogP contribution in [-0.2, 0) is 0 Å². The summed E-state index contributed by atoms with van der Waals surface area (Å²) in [5, 5.41) is 13.2. The Hall–Kier alpha value is -4.56. The maximum absolute atomic E-state index is 14.8. The molecule has 0 atom stereocenters. The standard InChI is InChI=1S/C27H16FN3O/c28-22-13-7-6-12-20(22)24-21(16-29)23(14-15-30-17-8-2-1-3-9-17)31-26-18-10-4-5-11-19(18)27(32)25(24)26/h1-15,30H/b15-14+. The van der Waals surface area contributed by atoms with Gasteiger partial charge in [0.1, 0.15) is 11.9 Å². The van der Waals surface area contributed by atoms with Crippen molar-refractivity contribution in [1.29, 1.82) is 5.26 Å². The highest BCUT2D eigenvalue weighted by atomic mass is 19.1. The van der Waals surface area contributed by atoms with E-state index in [1.165, 1.54) is 6.07 Å². The number of hydrogen-bond acceptors (Lipinski definition) is 4. The Bertz CT molecular complexity index is 1440. The molecule has 0 aliphatic heterocycles. The summed E-state index contributed by atoms with van der Waals surface area (Å²) in [5.74, 6) is -0.755. The molecular weight excluding hydrogens is 401 g/mol. The van der Waals surface area contributed by atoms with Crippen LogP contribution in [0.2, 0.25) is 0 Å². The lowest BCUT2D eigenvalue weighted by Gasteiger charge is -2.13. The van der Waals surface area contributed by atoms with Gasteiger partial charge in [0.05, 0.1) is 22.5 Å². The Morgan fingerprint density at radius 2 is 1.50 bits per heavy atom. The van der Waals surface area contributed by atoms with E-state index in [4.69, 9.17) is 0 Å². The number of ketones is 1. The number of anilines is 1. The van der Waals surface area contributed by atoms with Crippen molar-refractivity contribution in [3.63, 3.8) is 0 Å². The van der Waals surface area contributed by atoms with Gasteiger partial charge in [0.25, 0.3) is 0 Å². The van der Waals surface area contributed by atoms with Crippen molar-refractivity contribution in [2.45, 2.75) is 0 Å². The largest absolute Gasteiger partial charge is 0.362 e. The summed E-state index contributed by atoms with van der Waals surface area (Å²) in [5.41, 5.74) is 3.77. The highest BCUT2D eigenvalue weighted by Gasteiger charge is 2.34. The third-order valence-corrected chi connectivity index (χ3v) is 5.40. The number of carbonyl (C=O) groups is 1. The number of para-hydroxylation sites is 1. The quantitative estimate of drug-likeness (QED) is 0.386. The second-order valence-electron chi connectivity index (χ2n) is 7.28. The molecule has 1 N–H and O–H groups in total. The van der Waals surface area contributed by atoms with Crippen molar-refractivity contribution in [2.24, 2.45) is 0 Å². The van der Waals surface area contributed by atoms with Gasteiger partial charge in [-0.15, -0.1) is 0 Å².